The second kappa shape index (κ2) is 6.52. The molecule has 2 aromatic rings. The monoisotopic (exact) mass is 294 g/mol. The maximum absolute atomic E-state index is 13.4. The molecule has 1 unspecified atom stereocenters. The maximum atomic E-state index is 13.4. The molecular formula is C15H12F2O2S. The Kier molecular flexibility index (Phi) is 4.74. The lowest BCUT2D eigenvalue weighted by Gasteiger charge is -2.03. The van der Waals surface area contributed by atoms with E-state index in [1.807, 2.05) is 0 Å². The first kappa shape index (κ1) is 14.5. The van der Waals surface area contributed by atoms with Crippen molar-refractivity contribution in [2.75, 3.05) is 5.75 Å². The third-order valence-electron chi connectivity index (χ3n) is 2.71. The van der Waals surface area contributed by atoms with E-state index in [-0.39, 0.29) is 23.5 Å². The highest BCUT2D eigenvalue weighted by molar-refractivity contribution is 7.85. The number of ketones is 1. The molecule has 0 aromatic heterocycles. The standard InChI is InChI=1S/C15H12F2O2S/c16-12-5-7-14(8-6-12)20(19)10-13(18)9-11-3-1-2-4-15(11)17/h1-8H,9-10H2. The summed E-state index contributed by atoms with van der Waals surface area (Å²) < 4.78 is 38.0. The van der Waals surface area contributed by atoms with Crippen LogP contribution < -0.4 is 0 Å². The highest BCUT2D eigenvalue weighted by Gasteiger charge is 2.13. The van der Waals surface area contributed by atoms with Crippen LogP contribution >= 0.6 is 0 Å². The number of carbonyl (C=O) groups excluding carboxylic acids is 1. The minimum Gasteiger partial charge on any atom is -0.298 e. The summed E-state index contributed by atoms with van der Waals surface area (Å²) in [6.07, 6.45) is -0.0976. The van der Waals surface area contributed by atoms with Crippen molar-refractivity contribution >= 4 is 16.6 Å². The van der Waals surface area contributed by atoms with Crippen LogP contribution in [-0.4, -0.2) is 15.7 Å². The largest absolute Gasteiger partial charge is 0.298 e. The average Bonchev–Trinajstić information content (AvgIpc) is 2.42. The van der Waals surface area contributed by atoms with Gasteiger partial charge >= 0.3 is 0 Å². The van der Waals surface area contributed by atoms with E-state index < -0.39 is 22.4 Å². The summed E-state index contributed by atoms with van der Waals surface area (Å²) in [5.74, 6) is -1.41. The van der Waals surface area contributed by atoms with E-state index >= 15 is 0 Å². The van der Waals surface area contributed by atoms with E-state index in [0.29, 0.717) is 4.90 Å². The van der Waals surface area contributed by atoms with Crippen molar-refractivity contribution in [3.63, 3.8) is 0 Å². The fourth-order valence-corrected chi connectivity index (χ4v) is 2.72. The number of hydrogen-bond donors (Lipinski definition) is 0. The van der Waals surface area contributed by atoms with Crippen LogP contribution in [0.2, 0.25) is 0 Å². The quantitative estimate of drug-likeness (QED) is 0.849. The Morgan fingerprint density at radius 2 is 1.65 bits per heavy atom. The third-order valence-corrected chi connectivity index (χ3v) is 4.10. The predicted octanol–water partition coefficient (Wildman–Crippen LogP) is 2.88. The lowest BCUT2D eigenvalue weighted by molar-refractivity contribution is -0.116. The summed E-state index contributed by atoms with van der Waals surface area (Å²) >= 11 is 0. The third kappa shape index (κ3) is 3.81. The molecule has 2 nitrogen and oxygen atoms in total. The Balaban J connectivity index is 2.00. The Labute approximate surface area is 117 Å². The van der Waals surface area contributed by atoms with Gasteiger partial charge in [0, 0.05) is 11.3 Å². The second-order valence-electron chi connectivity index (χ2n) is 4.25. The molecule has 0 radical (unpaired) electrons. The smallest absolute Gasteiger partial charge is 0.150 e. The predicted molar refractivity (Wildman–Crippen MR) is 72.8 cm³/mol. The van der Waals surface area contributed by atoms with E-state index in [9.17, 15) is 17.8 Å². The van der Waals surface area contributed by atoms with Gasteiger partial charge in [-0.3, -0.25) is 9.00 Å². The molecule has 0 heterocycles. The van der Waals surface area contributed by atoms with Gasteiger partial charge in [0.2, 0.25) is 0 Å². The summed E-state index contributed by atoms with van der Waals surface area (Å²) in [5.41, 5.74) is 0.286. The van der Waals surface area contributed by atoms with Gasteiger partial charge in [-0.1, -0.05) is 18.2 Å². The van der Waals surface area contributed by atoms with E-state index in [2.05, 4.69) is 0 Å². The Bertz CT molecular complexity index is 639. The molecule has 0 amide bonds. The number of Topliss-reactive ketones (excluding diaryl/α,β-unsaturated/α-hetero) is 1. The zero-order valence-corrected chi connectivity index (χ0v) is 11.3. The van der Waals surface area contributed by atoms with E-state index in [1.165, 1.54) is 36.4 Å². The van der Waals surface area contributed by atoms with E-state index in [4.69, 9.17) is 0 Å². The van der Waals surface area contributed by atoms with Gasteiger partial charge in [-0.2, -0.15) is 0 Å². The summed E-state index contributed by atoms with van der Waals surface area (Å²) in [6, 6.07) is 11.1. The normalized spacial score (nSPS) is 12.1. The molecule has 0 aliphatic heterocycles. The molecule has 0 aliphatic carbocycles. The molecule has 0 saturated heterocycles. The molecule has 2 aromatic carbocycles. The first-order chi connectivity index (χ1) is 9.56. The zero-order valence-electron chi connectivity index (χ0n) is 10.5. The van der Waals surface area contributed by atoms with Gasteiger partial charge in [0.1, 0.15) is 17.4 Å². The second-order valence-corrected chi connectivity index (χ2v) is 5.70. The molecule has 1 atom stereocenters. The van der Waals surface area contributed by atoms with Crippen molar-refractivity contribution in [1.82, 2.24) is 0 Å². The minimum atomic E-state index is -1.54. The van der Waals surface area contributed by atoms with Crippen LogP contribution in [0.4, 0.5) is 8.78 Å². The lowest BCUT2D eigenvalue weighted by atomic mass is 10.1. The van der Waals surface area contributed by atoms with Crippen molar-refractivity contribution < 1.29 is 17.8 Å². The average molecular weight is 294 g/mol. The molecule has 0 bridgehead atoms. The fraction of sp³-hybridized carbons (Fsp3) is 0.133. The van der Waals surface area contributed by atoms with E-state index in [1.54, 1.807) is 12.1 Å². The highest BCUT2D eigenvalue weighted by atomic mass is 32.2. The fourth-order valence-electron chi connectivity index (χ4n) is 1.72. The summed E-state index contributed by atoms with van der Waals surface area (Å²) in [4.78, 5) is 12.2. The topological polar surface area (TPSA) is 34.1 Å². The number of benzene rings is 2. The first-order valence-electron chi connectivity index (χ1n) is 5.95. The summed E-state index contributed by atoms with van der Waals surface area (Å²) in [6.45, 7) is 0. The molecule has 2 rings (SSSR count). The zero-order chi connectivity index (χ0) is 14.5. The summed E-state index contributed by atoms with van der Waals surface area (Å²) in [7, 11) is -1.54. The van der Waals surface area contributed by atoms with Gasteiger partial charge in [-0.05, 0) is 35.9 Å². The van der Waals surface area contributed by atoms with Crippen LogP contribution in [0.3, 0.4) is 0 Å². The van der Waals surface area contributed by atoms with Crippen LogP contribution in [0.15, 0.2) is 53.4 Å². The maximum Gasteiger partial charge on any atom is 0.150 e. The summed E-state index contributed by atoms with van der Waals surface area (Å²) in [5, 5.41) is 0. The van der Waals surface area contributed by atoms with Crippen molar-refractivity contribution in [3.8, 4) is 0 Å². The van der Waals surface area contributed by atoms with Gasteiger partial charge in [-0.15, -0.1) is 0 Å². The molecule has 0 aliphatic rings. The Morgan fingerprint density at radius 3 is 2.30 bits per heavy atom. The van der Waals surface area contributed by atoms with Crippen molar-refractivity contribution in [2.24, 2.45) is 0 Å². The molecule has 0 spiro atoms. The van der Waals surface area contributed by atoms with Gasteiger partial charge in [-0.25, -0.2) is 8.78 Å². The van der Waals surface area contributed by atoms with Crippen LogP contribution in [-0.2, 0) is 22.0 Å². The Morgan fingerprint density at radius 1 is 1.00 bits per heavy atom. The molecule has 0 fully saturated rings. The van der Waals surface area contributed by atoms with Gasteiger partial charge in [0.05, 0.1) is 16.6 Å². The minimum absolute atomic E-state index is 0.0976. The Hall–Kier alpha value is -1.88. The van der Waals surface area contributed by atoms with Gasteiger partial charge < -0.3 is 0 Å². The molecule has 5 heteroatoms. The van der Waals surface area contributed by atoms with Gasteiger partial charge in [0.25, 0.3) is 0 Å². The van der Waals surface area contributed by atoms with Crippen molar-refractivity contribution in [3.05, 3.63) is 65.7 Å². The SMILES string of the molecule is O=C(Cc1ccccc1F)CS(=O)c1ccc(F)cc1. The highest BCUT2D eigenvalue weighted by Crippen LogP contribution is 2.11. The van der Waals surface area contributed by atoms with Crippen LogP contribution in [0.5, 0.6) is 0 Å². The number of rotatable bonds is 5. The molecular weight excluding hydrogens is 282 g/mol. The molecule has 20 heavy (non-hydrogen) atoms. The van der Waals surface area contributed by atoms with E-state index in [0.717, 1.165) is 0 Å². The van der Waals surface area contributed by atoms with Crippen LogP contribution in [0, 0.1) is 11.6 Å². The molecule has 104 valence electrons. The number of hydrogen-bond acceptors (Lipinski definition) is 2. The van der Waals surface area contributed by atoms with Gasteiger partial charge in [0.15, 0.2) is 0 Å². The van der Waals surface area contributed by atoms with Crippen LogP contribution in [0.1, 0.15) is 5.56 Å². The van der Waals surface area contributed by atoms with Crippen molar-refractivity contribution in [2.45, 2.75) is 11.3 Å². The van der Waals surface area contributed by atoms with Crippen LogP contribution in [0.25, 0.3) is 0 Å². The lowest BCUT2D eigenvalue weighted by Crippen LogP contribution is -2.14. The van der Waals surface area contributed by atoms with Crippen molar-refractivity contribution in [1.29, 1.82) is 0 Å². The number of halogens is 2. The molecule has 0 N–H and O–H groups in total. The first-order valence-corrected chi connectivity index (χ1v) is 7.27. The number of carbonyl (C=O) groups is 1. The molecule has 0 saturated carbocycles.